The van der Waals surface area contributed by atoms with Crippen molar-refractivity contribution in [1.82, 2.24) is 15.2 Å². The van der Waals surface area contributed by atoms with Gasteiger partial charge in [-0.2, -0.15) is 13.2 Å². The van der Waals surface area contributed by atoms with Crippen molar-refractivity contribution in [3.63, 3.8) is 0 Å². The predicted molar refractivity (Wildman–Crippen MR) is 113 cm³/mol. The third-order valence-corrected chi connectivity index (χ3v) is 4.83. The zero-order chi connectivity index (χ0) is 24.2. The molecule has 1 aromatic heterocycles. The van der Waals surface area contributed by atoms with Gasteiger partial charge in [0.25, 0.3) is 5.91 Å². The lowest BCUT2D eigenvalue weighted by atomic mass is 10.1. The van der Waals surface area contributed by atoms with Crippen LogP contribution < -0.4 is 15.7 Å². The number of carbonyl (C=O) groups excluding carboxylic acids is 3. The monoisotopic (exact) mass is 505 g/mol. The lowest BCUT2D eigenvalue weighted by Crippen LogP contribution is -2.48. The summed E-state index contributed by atoms with van der Waals surface area (Å²) in [6.07, 6.45) is -4.34. The van der Waals surface area contributed by atoms with E-state index in [4.69, 9.17) is 23.2 Å². The van der Waals surface area contributed by atoms with Crippen LogP contribution in [0.3, 0.4) is 0 Å². The van der Waals surface area contributed by atoms with Crippen LogP contribution in [-0.2, 0) is 9.63 Å². The normalized spacial score (nSPS) is 13.9. The van der Waals surface area contributed by atoms with Gasteiger partial charge >= 0.3 is 18.2 Å². The molecule has 1 aliphatic heterocycles. The van der Waals surface area contributed by atoms with Gasteiger partial charge in [-0.15, -0.1) is 5.06 Å². The average Bonchev–Trinajstić information content (AvgIpc) is 2.78. The van der Waals surface area contributed by atoms with Crippen LogP contribution in [0.25, 0.3) is 0 Å². The first-order chi connectivity index (χ1) is 15.6. The Morgan fingerprint density at radius 3 is 2.36 bits per heavy atom. The molecule has 176 valence electrons. The Kier molecular flexibility index (Phi) is 7.61. The number of benzene rings is 1. The Labute approximate surface area is 195 Å². The number of amides is 3. The number of hydrogen-bond donors (Lipinski definition) is 2. The second kappa shape index (κ2) is 10.2. The van der Waals surface area contributed by atoms with E-state index in [2.05, 4.69) is 20.5 Å². The molecule has 2 aromatic rings. The highest BCUT2D eigenvalue weighted by Gasteiger charge is 2.44. The van der Waals surface area contributed by atoms with Gasteiger partial charge in [0.05, 0.1) is 16.3 Å². The van der Waals surface area contributed by atoms with E-state index < -0.39 is 29.9 Å². The predicted octanol–water partition coefficient (Wildman–Crippen LogP) is 3.49. The summed E-state index contributed by atoms with van der Waals surface area (Å²) in [6.45, 7) is 1.96. The number of urea groups is 1. The van der Waals surface area contributed by atoms with E-state index in [9.17, 15) is 27.6 Å². The van der Waals surface area contributed by atoms with E-state index >= 15 is 0 Å². The average molecular weight is 506 g/mol. The quantitative estimate of drug-likeness (QED) is 0.618. The Morgan fingerprint density at radius 2 is 1.76 bits per heavy atom. The first-order valence-electron chi connectivity index (χ1n) is 9.37. The Hall–Kier alpha value is -3.09. The molecule has 3 amide bonds. The van der Waals surface area contributed by atoms with Crippen LogP contribution >= 0.6 is 23.2 Å². The minimum Gasteiger partial charge on any atom is -0.323 e. The molecule has 0 saturated carbocycles. The van der Waals surface area contributed by atoms with E-state index in [1.54, 1.807) is 0 Å². The van der Waals surface area contributed by atoms with Crippen LogP contribution in [0.1, 0.15) is 10.4 Å². The van der Waals surface area contributed by atoms with Crippen LogP contribution in [0.5, 0.6) is 0 Å². The summed E-state index contributed by atoms with van der Waals surface area (Å²) in [7, 11) is 0. The summed E-state index contributed by atoms with van der Waals surface area (Å²) in [4.78, 5) is 46.8. The van der Waals surface area contributed by atoms with Crippen molar-refractivity contribution in [2.75, 3.05) is 36.6 Å². The number of nitrogens with zero attached hydrogens (tertiary/aromatic N) is 3. The second-order valence-electron chi connectivity index (χ2n) is 6.67. The topological polar surface area (TPSA) is 104 Å². The number of hydrogen-bond acceptors (Lipinski definition) is 6. The first kappa shape index (κ1) is 24.6. The molecule has 0 aliphatic carbocycles. The summed E-state index contributed by atoms with van der Waals surface area (Å²) in [5.41, 5.74) is -0.396. The summed E-state index contributed by atoms with van der Waals surface area (Å²) in [6, 6.07) is 5.56. The molecule has 33 heavy (non-hydrogen) atoms. The van der Waals surface area contributed by atoms with Crippen molar-refractivity contribution in [2.24, 2.45) is 0 Å². The third kappa shape index (κ3) is 6.24. The zero-order valence-electron chi connectivity index (χ0n) is 16.7. The molecule has 9 nitrogen and oxygen atoms in total. The van der Waals surface area contributed by atoms with Gasteiger partial charge in [0, 0.05) is 37.4 Å². The number of rotatable bonds is 3. The van der Waals surface area contributed by atoms with Gasteiger partial charge in [0.15, 0.2) is 5.82 Å². The molecule has 2 N–H and O–H groups in total. The lowest BCUT2D eigenvalue weighted by Gasteiger charge is -2.28. The summed E-state index contributed by atoms with van der Waals surface area (Å²) < 4.78 is 38.5. The lowest BCUT2D eigenvalue weighted by molar-refractivity contribution is -0.200. The fourth-order valence-corrected chi connectivity index (χ4v) is 3.07. The van der Waals surface area contributed by atoms with E-state index in [-0.39, 0.29) is 26.4 Å². The molecule has 0 bridgehead atoms. The third-order valence-electron chi connectivity index (χ3n) is 4.37. The smallest absolute Gasteiger partial charge is 0.323 e. The van der Waals surface area contributed by atoms with Crippen molar-refractivity contribution in [2.45, 2.75) is 6.18 Å². The summed E-state index contributed by atoms with van der Waals surface area (Å²) in [5.74, 6) is -4.34. The number of halogens is 5. The molecular formula is C19H16Cl2F3N5O4. The van der Waals surface area contributed by atoms with Gasteiger partial charge in [-0.1, -0.05) is 23.2 Å². The highest BCUT2D eigenvalue weighted by atomic mass is 35.5. The Morgan fingerprint density at radius 1 is 1.09 bits per heavy atom. The molecule has 3 rings (SSSR count). The van der Waals surface area contributed by atoms with Crippen molar-refractivity contribution in [3.05, 3.63) is 52.1 Å². The van der Waals surface area contributed by atoms with Crippen LogP contribution in [0.15, 0.2) is 36.5 Å². The van der Waals surface area contributed by atoms with Crippen molar-refractivity contribution >= 4 is 52.6 Å². The number of alkyl halides is 3. The van der Waals surface area contributed by atoms with Crippen molar-refractivity contribution in [1.29, 1.82) is 0 Å². The first-order valence-corrected chi connectivity index (χ1v) is 10.1. The van der Waals surface area contributed by atoms with Crippen LogP contribution in [0, 0.1) is 0 Å². The fourth-order valence-electron chi connectivity index (χ4n) is 2.79. The maximum atomic E-state index is 13.2. The highest BCUT2D eigenvalue weighted by molar-refractivity contribution is 6.31. The second-order valence-corrected chi connectivity index (χ2v) is 7.54. The number of hydroxylamine groups is 1. The van der Waals surface area contributed by atoms with E-state index in [0.29, 0.717) is 26.2 Å². The molecule has 1 aromatic carbocycles. The molecule has 1 saturated heterocycles. The zero-order valence-corrected chi connectivity index (χ0v) is 18.2. The fraction of sp³-hybridized carbons (Fsp3) is 0.263. The van der Waals surface area contributed by atoms with Crippen LogP contribution in [-0.4, -0.2) is 60.1 Å². The SMILES string of the molecule is O=C(Nc1ccc(Cl)cc1C(=O)N(OC(=O)C(F)(F)F)c1ccc(Cl)cn1)N1CCNCC1. The van der Waals surface area contributed by atoms with Gasteiger partial charge in [0.2, 0.25) is 0 Å². The van der Waals surface area contributed by atoms with E-state index in [1.165, 1.54) is 23.1 Å². The molecule has 14 heteroatoms. The van der Waals surface area contributed by atoms with Gasteiger partial charge in [-0.3, -0.25) is 4.79 Å². The van der Waals surface area contributed by atoms with Crippen molar-refractivity contribution in [3.8, 4) is 0 Å². The molecule has 0 spiro atoms. The number of nitrogens with one attached hydrogen (secondary N) is 2. The Balaban J connectivity index is 1.95. The summed E-state index contributed by atoms with van der Waals surface area (Å²) in [5, 5.41) is 5.84. The van der Waals surface area contributed by atoms with Gasteiger partial charge in [-0.25, -0.2) is 14.6 Å². The maximum Gasteiger partial charge on any atom is 0.493 e. The maximum absolute atomic E-state index is 13.2. The van der Waals surface area contributed by atoms with Gasteiger partial charge in [-0.05, 0) is 30.3 Å². The molecule has 1 fully saturated rings. The number of piperazine rings is 1. The van der Waals surface area contributed by atoms with Crippen molar-refractivity contribution < 1.29 is 32.4 Å². The Bertz CT molecular complexity index is 1050. The molecular weight excluding hydrogens is 490 g/mol. The van der Waals surface area contributed by atoms with Crippen LogP contribution in [0.2, 0.25) is 10.0 Å². The standard InChI is InChI=1S/C19H16Cl2F3N5O4/c20-11-1-3-14(27-18(32)28-7-5-25-6-8-28)13(9-11)16(30)29(33-17(31)19(22,23)24)15-4-2-12(21)10-26-15/h1-4,9-10,25H,5-8H2,(H,27,32). The minimum atomic E-state index is -5.39. The number of pyridine rings is 1. The number of aromatic nitrogens is 1. The largest absolute Gasteiger partial charge is 0.493 e. The van der Waals surface area contributed by atoms with E-state index in [0.717, 1.165) is 18.3 Å². The van der Waals surface area contributed by atoms with Gasteiger partial charge < -0.3 is 20.4 Å². The molecule has 0 atom stereocenters. The molecule has 0 radical (unpaired) electrons. The molecule has 1 aliphatic rings. The number of carbonyl (C=O) groups is 3. The van der Waals surface area contributed by atoms with E-state index in [1.807, 2.05) is 0 Å². The van der Waals surface area contributed by atoms with Gasteiger partial charge in [0.1, 0.15) is 0 Å². The van der Waals surface area contributed by atoms with Crippen LogP contribution in [0.4, 0.5) is 29.5 Å². The molecule has 2 heterocycles. The summed E-state index contributed by atoms with van der Waals surface area (Å²) >= 11 is 11.7. The highest BCUT2D eigenvalue weighted by Crippen LogP contribution is 2.27. The molecule has 0 unspecified atom stereocenters. The minimum absolute atomic E-state index is 0.0460. The number of anilines is 2.